The van der Waals surface area contributed by atoms with Crippen molar-refractivity contribution in [2.75, 3.05) is 32.9 Å². The van der Waals surface area contributed by atoms with Crippen molar-refractivity contribution in [1.82, 2.24) is 14.9 Å². The topological polar surface area (TPSA) is 73.8 Å². The molecular formula is C13H25IN4O2S2. The van der Waals surface area contributed by atoms with Gasteiger partial charge in [-0.1, -0.05) is 6.92 Å². The van der Waals surface area contributed by atoms with Gasteiger partial charge in [-0.05, 0) is 28.8 Å². The number of halogens is 1. The van der Waals surface area contributed by atoms with Gasteiger partial charge in [-0.25, -0.2) is 12.7 Å². The fraction of sp³-hybridized carbons (Fsp3) is 0.615. The van der Waals surface area contributed by atoms with Crippen LogP contribution in [0.3, 0.4) is 0 Å². The normalized spacial score (nSPS) is 12.1. The van der Waals surface area contributed by atoms with E-state index in [1.54, 1.807) is 18.4 Å². The van der Waals surface area contributed by atoms with E-state index in [9.17, 15) is 8.42 Å². The maximum Gasteiger partial charge on any atom is 0.211 e. The van der Waals surface area contributed by atoms with Crippen molar-refractivity contribution < 1.29 is 8.42 Å². The molecule has 0 aliphatic heterocycles. The van der Waals surface area contributed by atoms with Crippen molar-refractivity contribution in [3.05, 3.63) is 22.4 Å². The van der Waals surface area contributed by atoms with Crippen molar-refractivity contribution in [1.29, 1.82) is 0 Å². The second-order valence-electron chi connectivity index (χ2n) is 4.59. The molecule has 9 heteroatoms. The molecule has 128 valence electrons. The minimum atomic E-state index is -3.10. The maximum atomic E-state index is 11.5. The van der Waals surface area contributed by atoms with Crippen LogP contribution in [0.1, 0.15) is 18.9 Å². The first kappa shape index (κ1) is 21.6. The smallest absolute Gasteiger partial charge is 0.211 e. The summed E-state index contributed by atoms with van der Waals surface area (Å²) in [5.41, 5.74) is 1.22. The Kier molecular flexibility index (Phi) is 11.0. The van der Waals surface area contributed by atoms with Gasteiger partial charge in [0.05, 0.1) is 6.26 Å². The lowest BCUT2D eigenvalue weighted by Gasteiger charge is -2.18. The lowest BCUT2D eigenvalue weighted by Crippen LogP contribution is -2.39. The van der Waals surface area contributed by atoms with Gasteiger partial charge in [-0.15, -0.1) is 24.0 Å². The van der Waals surface area contributed by atoms with Crippen molar-refractivity contribution in [3.63, 3.8) is 0 Å². The molecule has 0 aliphatic rings. The van der Waals surface area contributed by atoms with E-state index in [-0.39, 0.29) is 24.0 Å². The average Bonchev–Trinajstić information content (AvgIpc) is 2.93. The van der Waals surface area contributed by atoms with E-state index in [1.807, 2.05) is 12.3 Å². The third kappa shape index (κ3) is 8.30. The summed E-state index contributed by atoms with van der Waals surface area (Å²) in [6.07, 6.45) is 1.98. The zero-order chi connectivity index (χ0) is 15.7. The van der Waals surface area contributed by atoms with Crippen LogP contribution in [0.2, 0.25) is 0 Å². The van der Waals surface area contributed by atoms with E-state index in [0.717, 1.165) is 18.9 Å². The van der Waals surface area contributed by atoms with Crippen molar-refractivity contribution in [2.24, 2.45) is 4.99 Å². The number of hydrogen-bond acceptors (Lipinski definition) is 4. The summed E-state index contributed by atoms with van der Waals surface area (Å²) in [5.74, 6) is 0.726. The fourth-order valence-corrected chi connectivity index (χ4v) is 3.42. The first-order valence-electron chi connectivity index (χ1n) is 6.88. The van der Waals surface area contributed by atoms with Crippen LogP contribution in [0.4, 0.5) is 0 Å². The summed E-state index contributed by atoms with van der Waals surface area (Å²) in [7, 11) is -1.38. The van der Waals surface area contributed by atoms with Gasteiger partial charge in [0.2, 0.25) is 10.0 Å². The van der Waals surface area contributed by atoms with Crippen LogP contribution < -0.4 is 10.6 Å². The summed E-state index contributed by atoms with van der Waals surface area (Å²) in [4.78, 5) is 4.14. The van der Waals surface area contributed by atoms with Gasteiger partial charge in [-0.2, -0.15) is 11.3 Å². The van der Waals surface area contributed by atoms with Crippen LogP contribution in [0.5, 0.6) is 0 Å². The van der Waals surface area contributed by atoms with Crippen molar-refractivity contribution in [3.8, 4) is 0 Å². The Bertz CT molecular complexity index is 532. The highest BCUT2D eigenvalue weighted by atomic mass is 127. The molecule has 0 aliphatic carbocycles. The zero-order valence-corrected chi connectivity index (χ0v) is 17.2. The minimum Gasteiger partial charge on any atom is -0.356 e. The Balaban J connectivity index is 0.00000441. The lowest BCUT2D eigenvalue weighted by molar-refractivity contribution is 0.424. The Morgan fingerprint density at radius 1 is 1.41 bits per heavy atom. The number of nitrogens with one attached hydrogen (secondary N) is 2. The van der Waals surface area contributed by atoms with Gasteiger partial charge in [-0.3, -0.25) is 4.99 Å². The van der Waals surface area contributed by atoms with Crippen LogP contribution in [0.15, 0.2) is 21.8 Å². The molecule has 0 unspecified atom stereocenters. The summed E-state index contributed by atoms with van der Waals surface area (Å²) in [6.45, 7) is 4.27. The SMILES string of the molecule is CCN(CCCNC(=NC)NCc1ccsc1)S(C)(=O)=O.I. The molecule has 0 saturated carbocycles. The summed E-state index contributed by atoms with van der Waals surface area (Å²) >= 11 is 1.67. The molecule has 0 spiro atoms. The molecule has 1 aromatic heterocycles. The number of hydrogen-bond donors (Lipinski definition) is 2. The van der Waals surface area contributed by atoms with Crippen LogP contribution in [-0.4, -0.2) is 51.6 Å². The molecule has 0 bridgehead atoms. The third-order valence-electron chi connectivity index (χ3n) is 2.96. The highest BCUT2D eigenvalue weighted by Crippen LogP contribution is 2.04. The van der Waals surface area contributed by atoms with Crippen LogP contribution in [-0.2, 0) is 16.6 Å². The van der Waals surface area contributed by atoms with E-state index in [4.69, 9.17) is 0 Å². The number of aliphatic imine (C=N–C) groups is 1. The molecule has 0 atom stereocenters. The Morgan fingerprint density at radius 3 is 2.64 bits per heavy atom. The highest BCUT2D eigenvalue weighted by Gasteiger charge is 2.13. The monoisotopic (exact) mass is 460 g/mol. The van der Waals surface area contributed by atoms with Gasteiger partial charge >= 0.3 is 0 Å². The van der Waals surface area contributed by atoms with Gasteiger partial charge in [0.15, 0.2) is 5.96 Å². The van der Waals surface area contributed by atoms with Crippen molar-refractivity contribution in [2.45, 2.75) is 19.9 Å². The van der Waals surface area contributed by atoms with E-state index < -0.39 is 10.0 Å². The predicted molar refractivity (Wildman–Crippen MR) is 105 cm³/mol. The minimum absolute atomic E-state index is 0. The first-order chi connectivity index (χ1) is 9.97. The average molecular weight is 460 g/mol. The van der Waals surface area contributed by atoms with Gasteiger partial charge in [0.1, 0.15) is 0 Å². The summed E-state index contributed by atoms with van der Waals surface area (Å²) < 4.78 is 24.4. The number of guanidine groups is 1. The molecular weight excluding hydrogens is 435 g/mol. The molecule has 0 radical (unpaired) electrons. The van der Waals surface area contributed by atoms with E-state index in [0.29, 0.717) is 19.6 Å². The summed E-state index contributed by atoms with van der Waals surface area (Å²) in [5, 5.41) is 10.5. The molecule has 0 aromatic carbocycles. The largest absolute Gasteiger partial charge is 0.356 e. The van der Waals surface area contributed by atoms with Gasteiger partial charge in [0.25, 0.3) is 0 Å². The predicted octanol–water partition coefficient (Wildman–Crippen LogP) is 1.70. The molecule has 0 saturated heterocycles. The molecule has 0 amide bonds. The Morgan fingerprint density at radius 2 is 2.14 bits per heavy atom. The second kappa shape index (κ2) is 11.2. The molecule has 1 heterocycles. The number of nitrogens with zero attached hydrogens (tertiary/aromatic N) is 2. The molecule has 6 nitrogen and oxygen atoms in total. The number of rotatable bonds is 8. The highest BCUT2D eigenvalue weighted by molar-refractivity contribution is 14.0. The molecule has 2 N–H and O–H groups in total. The fourth-order valence-electron chi connectivity index (χ4n) is 1.82. The standard InChI is InChI=1S/C13H24N4O2S2.HI/c1-4-17(21(3,18)19)8-5-7-15-13(14-2)16-10-12-6-9-20-11-12;/h6,9,11H,4-5,7-8,10H2,1-3H3,(H2,14,15,16);1H. The zero-order valence-electron chi connectivity index (χ0n) is 13.2. The molecule has 0 fully saturated rings. The Labute approximate surface area is 154 Å². The maximum absolute atomic E-state index is 11.5. The molecule has 22 heavy (non-hydrogen) atoms. The van der Waals surface area contributed by atoms with Crippen molar-refractivity contribution >= 4 is 51.3 Å². The third-order valence-corrected chi connectivity index (χ3v) is 5.07. The number of thiophene rings is 1. The van der Waals surface area contributed by atoms with E-state index >= 15 is 0 Å². The van der Waals surface area contributed by atoms with Gasteiger partial charge in [0, 0.05) is 33.2 Å². The van der Waals surface area contributed by atoms with E-state index in [1.165, 1.54) is 16.1 Å². The lowest BCUT2D eigenvalue weighted by atomic mass is 10.3. The van der Waals surface area contributed by atoms with Crippen LogP contribution >= 0.6 is 35.3 Å². The first-order valence-corrected chi connectivity index (χ1v) is 9.67. The second-order valence-corrected chi connectivity index (χ2v) is 7.35. The molecule has 1 rings (SSSR count). The number of sulfonamides is 1. The van der Waals surface area contributed by atoms with E-state index in [2.05, 4.69) is 27.1 Å². The van der Waals surface area contributed by atoms with Crippen LogP contribution in [0, 0.1) is 0 Å². The Hall–Kier alpha value is -0.390. The summed E-state index contributed by atoms with van der Waals surface area (Å²) in [6, 6.07) is 2.07. The van der Waals surface area contributed by atoms with Crippen LogP contribution in [0.25, 0.3) is 0 Å². The quantitative estimate of drug-likeness (QED) is 0.268. The van der Waals surface area contributed by atoms with Gasteiger partial charge < -0.3 is 10.6 Å². The molecule has 1 aromatic rings.